The highest BCUT2D eigenvalue weighted by atomic mass is 19.2. The summed E-state index contributed by atoms with van der Waals surface area (Å²) in [5, 5.41) is 12.4. The molecule has 0 amide bonds. The molecule has 0 fully saturated rings. The van der Waals surface area contributed by atoms with Crippen LogP contribution in [0.2, 0.25) is 0 Å². The van der Waals surface area contributed by atoms with Gasteiger partial charge in [-0.2, -0.15) is 9.49 Å². The van der Waals surface area contributed by atoms with E-state index in [-0.39, 0.29) is 5.75 Å². The van der Waals surface area contributed by atoms with E-state index < -0.39 is 11.6 Å². The predicted octanol–water partition coefficient (Wildman–Crippen LogP) is 5.56. The summed E-state index contributed by atoms with van der Waals surface area (Å²) >= 11 is 0. The van der Waals surface area contributed by atoms with Gasteiger partial charge in [-0.15, -0.1) is 0 Å². The van der Waals surface area contributed by atoms with Crippen LogP contribution in [0.15, 0.2) is 48.7 Å². The van der Waals surface area contributed by atoms with Gasteiger partial charge in [-0.1, -0.05) is 12.1 Å². The number of fused-ring (bicyclic) bond motifs is 2. The third-order valence-electron chi connectivity index (χ3n) is 5.78. The molecular weight excluding hydrogens is 438 g/mol. The molecular formula is C25H22F2N6O. The highest BCUT2D eigenvalue weighted by Crippen LogP contribution is 2.37. The molecule has 5 aromatic rings. The Bertz CT molecular complexity index is 1560. The Hall–Kier alpha value is -4.27. The van der Waals surface area contributed by atoms with Crippen molar-refractivity contribution >= 4 is 39.3 Å². The van der Waals surface area contributed by atoms with Crippen molar-refractivity contribution in [3.8, 4) is 16.9 Å². The van der Waals surface area contributed by atoms with Crippen LogP contribution in [0.4, 0.5) is 26.2 Å². The molecule has 0 radical (unpaired) electrons. The van der Waals surface area contributed by atoms with Crippen LogP contribution in [0.5, 0.6) is 5.75 Å². The molecule has 2 heterocycles. The average Bonchev–Trinajstić information content (AvgIpc) is 3.15. The van der Waals surface area contributed by atoms with Crippen LogP contribution in [0.25, 0.3) is 32.9 Å². The summed E-state index contributed by atoms with van der Waals surface area (Å²) in [5.74, 6) is -1.12. The maximum absolute atomic E-state index is 14.0. The van der Waals surface area contributed by atoms with Crippen LogP contribution in [0, 0.1) is 18.6 Å². The zero-order chi connectivity index (χ0) is 24.0. The molecule has 0 aliphatic heterocycles. The summed E-state index contributed by atoms with van der Waals surface area (Å²) in [6.07, 6.45) is 1.79. The van der Waals surface area contributed by atoms with E-state index in [1.807, 2.05) is 38.2 Å². The van der Waals surface area contributed by atoms with Crippen molar-refractivity contribution in [2.45, 2.75) is 6.92 Å². The van der Waals surface area contributed by atoms with E-state index in [0.717, 1.165) is 44.6 Å². The lowest BCUT2D eigenvalue weighted by Crippen LogP contribution is -1.98. The fraction of sp³-hybridized carbons (Fsp3) is 0.160. The van der Waals surface area contributed by atoms with Crippen LogP contribution in [0.3, 0.4) is 0 Å². The fourth-order valence-electron chi connectivity index (χ4n) is 4.16. The minimum absolute atomic E-state index is 0.181. The van der Waals surface area contributed by atoms with E-state index >= 15 is 0 Å². The molecule has 9 heteroatoms. The smallest absolute Gasteiger partial charge is 0.222 e. The Morgan fingerprint density at radius 1 is 1.06 bits per heavy atom. The highest BCUT2D eigenvalue weighted by molar-refractivity contribution is 6.03. The van der Waals surface area contributed by atoms with Crippen molar-refractivity contribution in [2.24, 2.45) is 7.05 Å². The van der Waals surface area contributed by atoms with Crippen molar-refractivity contribution in [2.75, 3.05) is 24.8 Å². The number of halogens is 2. The molecule has 0 saturated heterocycles. The number of aryl methyl sites for hydroxylation is 2. The van der Waals surface area contributed by atoms with E-state index in [1.165, 1.54) is 13.2 Å². The summed E-state index contributed by atoms with van der Waals surface area (Å²) in [5.41, 5.74) is 5.17. The number of methoxy groups -OCH3 is 1. The van der Waals surface area contributed by atoms with Gasteiger partial charge in [0.1, 0.15) is 0 Å². The zero-order valence-electron chi connectivity index (χ0n) is 19.1. The van der Waals surface area contributed by atoms with Crippen molar-refractivity contribution in [1.29, 1.82) is 0 Å². The molecule has 34 heavy (non-hydrogen) atoms. The molecule has 172 valence electrons. The van der Waals surface area contributed by atoms with Crippen molar-refractivity contribution in [1.82, 2.24) is 19.7 Å². The first-order valence-electron chi connectivity index (χ1n) is 10.6. The van der Waals surface area contributed by atoms with Gasteiger partial charge in [-0.3, -0.25) is 4.68 Å². The first-order chi connectivity index (χ1) is 16.4. The monoisotopic (exact) mass is 460 g/mol. The fourth-order valence-corrected chi connectivity index (χ4v) is 4.16. The lowest BCUT2D eigenvalue weighted by atomic mass is 9.96. The molecule has 2 aromatic heterocycles. The van der Waals surface area contributed by atoms with Gasteiger partial charge in [0.05, 0.1) is 18.1 Å². The first-order valence-corrected chi connectivity index (χ1v) is 10.6. The van der Waals surface area contributed by atoms with Crippen LogP contribution in [0.1, 0.15) is 5.56 Å². The molecule has 0 unspecified atom stereocenters. The Morgan fingerprint density at radius 2 is 1.88 bits per heavy atom. The Kier molecular flexibility index (Phi) is 5.24. The predicted molar refractivity (Wildman–Crippen MR) is 130 cm³/mol. The summed E-state index contributed by atoms with van der Waals surface area (Å²) in [6, 6.07) is 12.5. The van der Waals surface area contributed by atoms with E-state index in [1.54, 1.807) is 17.9 Å². The highest BCUT2D eigenvalue weighted by Gasteiger charge is 2.18. The normalized spacial score (nSPS) is 11.2. The Balaban J connectivity index is 1.63. The van der Waals surface area contributed by atoms with Gasteiger partial charge in [0.25, 0.3) is 0 Å². The average molecular weight is 460 g/mol. The lowest BCUT2D eigenvalue weighted by Gasteiger charge is -2.11. The summed E-state index contributed by atoms with van der Waals surface area (Å²) < 4.78 is 34.6. The number of anilines is 3. The van der Waals surface area contributed by atoms with Crippen LogP contribution < -0.4 is 15.4 Å². The number of nitrogens with one attached hydrogen (secondary N) is 2. The van der Waals surface area contributed by atoms with Gasteiger partial charge in [0, 0.05) is 54.4 Å². The van der Waals surface area contributed by atoms with Crippen molar-refractivity contribution in [3.05, 3.63) is 65.9 Å². The number of aromatic nitrogens is 4. The second-order valence-electron chi connectivity index (χ2n) is 7.94. The number of benzene rings is 3. The summed E-state index contributed by atoms with van der Waals surface area (Å²) in [6.45, 7) is 2.04. The summed E-state index contributed by atoms with van der Waals surface area (Å²) in [7, 11) is 4.93. The van der Waals surface area contributed by atoms with Crippen molar-refractivity contribution in [3.63, 3.8) is 0 Å². The van der Waals surface area contributed by atoms with Gasteiger partial charge in [0.15, 0.2) is 17.4 Å². The van der Waals surface area contributed by atoms with Crippen LogP contribution in [-0.2, 0) is 7.05 Å². The lowest BCUT2D eigenvalue weighted by molar-refractivity contribution is 0.372. The largest absolute Gasteiger partial charge is 0.493 e. The maximum Gasteiger partial charge on any atom is 0.222 e. The molecule has 5 rings (SSSR count). The summed E-state index contributed by atoms with van der Waals surface area (Å²) in [4.78, 5) is 8.82. The number of hydrogen-bond donors (Lipinski definition) is 2. The number of nitrogens with zero attached hydrogens (tertiary/aromatic N) is 4. The minimum atomic E-state index is -1.03. The molecule has 0 bridgehead atoms. The SMILES string of the molecule is CNc1ncc2cc(-c3c(C)ccc4c(Nc5cc(F)c(F)c(OC)c5)nn(C)c34)ccc2n1. The van der Waals surface area contributed by atoms with Gasteiger partial charge < -0.3 is 15.4 Å². The van der Waals surface area contributed by atoms with Gasteiger partial charge in [-0.05, 0) is 36.2 Å². The molecule has 2 N–H and O–H groups in total. The molecule has 0 aliphatic rings. The van der Waals surface area contributed by atoms with E-state index in [2.05, 4.69) is 31.8 Å². The molecule has 7 nitrogen and oxygen atoms in total. The maximum atomic E-state index is 14.0. The number of hydrogen-bond acceptors (Lipinski definition) is 6. The van der Waals surface area contributed by atoms with E-state index in [9.17, 15) is 8.78 Å². The van der Waals surface area contributed by atoms with E-state index in [4.69, 9.17) is 4.74 Å². The third kappa shape index (κ3) is 3.55. The van der Waals surface area contributed by atoms with Gasteiger partial charge in [-0.25, -0.2) is 14.4 Å². The first kappa shape index (κ1) is 21.6. The topological polar surface area (TPSA) is 76.9 Å². The Labute approximate surface area is 194 Å². The second kappa shape index (κ2) is 8.26. The molecule has 3 aromatic carbocycles. The second-order valence-corrected chi connectivity index (χ2v) is 7.94. The standard InChI is InChI=1S/C25H22F2N6O/c1-13-5-7-17-23(21(13)14-6-8-19-15(9-14)12-29-25(28-2)31-19)33(3)32-24(17)30-16-10-18(26)22(27)20(11-16)34-4/h5-12H,1-4H3,(H,30,32)(H,28,29,31). The molecule has 0 spiro atoms. The Morgan fingerprint density at radius 3 is 2.65 bits per heavy atom. The van der Waals surface area contributed by atoms with E-state index in [0.29, 0.717) is 17.5 Å². The number of ether oxygens (including phenoxy) is 1. The third-order valence-corrected chi connectivity index (χ3v) is 5.78. The number of rotatable bonds is 5. The van der Waals surface area contributed by atoms with Crippen LogP contribution >= 0.6 is 0 Å². The van der Waals surface area contributed by atoms with Gasteiger partial charge >= 0.3 is 0 Å². The van der Waals surface area contributed by atoms with Crippen molar-refractivity contribution < 1.29 is 13.5 Å². The van der Waals surface area contributed by atoms with Gasteiger partial charge in [0.2, 0.25) is 11.8 Å². The zero-order valence-corrected chi connectivity index (χ0v) is 19.1. The molecule has 0 saturated carbocycles. The molecule has 0 atom stereocenters. The van der Waals surface area contributed by atoms with Crippen LogP contribution in [-0.4, -0.2) is 33.9 Å². The quantitative estimate of drug-likeness (QED) is 0.357. The minimum Gasteiger partial charge on any atom is -0.493 e. The molecule has 0 aliphatic carbocycles.